The van der Waals surface area contributed by atoms with E-state index in [2.05, 4.69) is 5.32 Å². The maximum absolute atomic E-state index is 14.7. The van der Waals surface area contributed by atoms with Gasteiger partial charge in [0.1, 0.15) is 12.6 Å². The van der Waals surface area contributed by atoms with E-state index in [4.69, 9.17) is 23.2 Å². The zero-order valence-corrected chi connectivity index (χ0v) is 29.7. The van der Waals surface area contributed by atoms with Gasteiger partial charge in [-0.15, -0.1) is 0 Å². The number of amides is 2. The van der Waals surface area contributed by atoms with Crippen LogP contribution in [0.1, 0.15) is 41.7 Å². The summed E-state index contributed by atoms with van der Waals surface area (Å²) in [5.41, 5.74) is 4.33. The molecular formula is C37H41Cl2N3O4S. The number of carbonyl (C=O) groups excluding carboxylic acids is 2. The van der Waals surface area contributed by atoms with Gasteiger partial charge in [0, 0.05) is 29.6 Å². The highest BCUT2D eigenvalue weighted by Crippen LogP contribution is 2.29. The molecule has 1 N–H and O–H groups in total. The number of nitrogens with zero attached hydrogens (tertiary/aromatic N) is 2. The van der Waals surface area contributed by atoms with Crippen molar-refractivity contribution < 1.29 is 18.0 Å². The average Bonchev–Trinajstić information content (AvgIpc) is 3.02. The van der Waals surface area contributed by atoms with Crippen LogP contribution in [0.2, 0.25) is 10.0 Å². The predicted molar refractivity (Wildman–Crippen MR) is 190 cm³/mol. The zero-order chi connectivity index (χ0) is 34.3. The zero-order valence-electron chi connectivity index (χ0n) is 27.3. The Kier molecular flexibility index (Phi) is 12.1. The smallest absolute Gasteiger partial charge is 0.264 e. The molecule has 0 aliphatic heterocycles. The lowest BCUT2D eigenvalue weighted by Crippen LogP contribution is -2.53. The normalized spacial score (nSPS) is 12.1. The van der Waals surface area contributed by atoms with Crippen LogP contribution in [0.15, 0.2) is 95.9 Å². The summed E-state index contributed by atoms with van der Waals surface area (Å²) >= 11 is 12.8. The summed E-state index contributed by atoms with van der Waals surface area (Å²) in [6, 6.07) is 25.3. The molecule has 4 aromatic carbocycles. The van der Waals surface area contributed by atoms with Gasteiger partial charge in [0.25, 0.3) is 10.0 Å². The van der Waals surface area contributed by atoms with E-state index in [1.54, 1.807) is 36.4 Å². The van der Waals surface area contributed by atoms with Gasteiger partial charge in [-0.3, -0.25) is 13.9 Å². The molecule has 0 aromatic heterocycles. The Hall–Kier alpha value is -3.85. The second-order valence-electron chi connectivity index (χ2n) is 12.2. The lowest BCUT2D eigenvalue weighted by atomic mass is 10.0. The number of halogens is 2. The van der Waals surface area contributed by atoms with E-state index < -0.39 is 28.5 Å². The first-order valence-corrected chi connectivity index (χ1v) is 17.7. The van der Waals surface area contributed by atoms with E-state index in [1.807, 2.05) is 77.1 Å². The lowest BCUT2D eigenvalue weighted by molar-refractivity contribution is -0.140. The van der Waals surface area contributed by atoms with Crippen LogP contribution in [0.25, 0.3) is 0 Å². The van der Waals surface area contributed by atoms with Crippen molar-refractivity contribution in [2.45, 2.75) is 58.5 Å². The third-order valence-corrected chi connectivity index (χ3v) is 10.2. The van der Waals surface area contributed by atoms with Crippen LogP contribution >= 0.6 is 23.2 Å². The van der Waals surface area contributed by atoms with Gasteiger partial charge < -0.3 is 10.2 Å². The summed E-state index contributed by atoms with van der Waals surface area (Å²) in [5, 5.41) is 3.75. The quantitative estimate of drug-likeness (QED) is 0.157. The summed E-state index contributed by atoms with van der Waals surface area (Å²) in [4.78, 5) is 30.1. The van der Waals surface area contributed by atoms with Crippen LogP contribution in [0.5, 0.6) is 0 Å². The van der Waals surface area contributed by atoms with Crippen LogP contribution in [0.4, 0.5) is 5.69 Å². The van der Waals surface area contributed by atoms with Gasteiger partial charge in [-0.2, -0.15) is 0 Å². The topological polar surface area (TPSA) is 86.8 Å². The number of hydrogen-bond acceptors (Lipinski definition) is 4. The van der Waals surface area contributed by atoms with Crippen LogP contribution in [0.3, 0.4) is 0 Å². The van der Waals surface area contributed by atoms with E-state index in [-0.39, 0.29) is 29.7 Å². The number of aryl methyl sites for hydroxylation is 3. The summed E-state index contributed by atoms with van der Waals surface area (Å²) in [7, 11) is -4.21. The maximum atomic E-state index is 14.7. The molecule has 10 heteroatoms. The number of rotatable bonds is 13. The van der Waals surface area contributed by atoms with Gasteiger partial charge in [0.15, 0.2) is 0 Å². The Balaban J connectivity index is 1.84. The molecule has 4 rings (SSSR count). The molecule has 2 amide bonds. The van der Waals surface area contributed by atoms with Crippen molar-refractivity contribution in [1.82, 2.24) is 10.2 Å². The predicted octanol–water partition coefficient (Wildman–Crippen LogP) is 7.53. The van der Waals surface area contributed by atoms with Crippen molar-refractivity contribution in [3.05, 3.63) is 129 Å². The van der Waals surface area contributed by atoms with Gasteiger partial charge in [0.05, 0.1) is 10.6 Å². The monoisotopic (exact) mass is 693 g/mol. The molecule has 0 aliphatic rings. The van der Waals surface area contributed by atoms with E-state index in [1.165, 1.54) is 17.0 Å². The molecular weight excluding hydrogens is 653 g/mol. The van der Waals surface area contributed by atoms with Crippen LogP contribution in [-0.2, 0) is 32.6 Å². The summed E-state index contributed by atoms with van der Waals surface area (Å²) < 4.78 is 29.7. The van der Waals surface area contributed by atoms with Gasteiger partial charge in [-0.1, -0.05) is 109 Å². The lowest BCUT2D eigenvalue weighted by Gasteiger charge is -2.34. The maximum Gasteiger partial charge on any atom is 0.264 e. The molecule has 7 nitrogen and oxygen atoms in total. The second-order valence-corrected chi connectivity index (χ2v) is 14.9. The van der Waals surface area contributed by atoms with Crippen LogP contribution < -0.4 is 9.62 Å². The number of anilines is 1. The first-order valence-electron chi connectivity index (χ1n) is 15.5. The number of carbonyl (C=O) groups is 2. The Morgan fingerprint density at radius 3 is 2.11 bits per heavy atom. The fourth-order valence-corrected chi connectivity index (χ4v) is 7.19. The average molecular weight is 695 g/mol. The molecule has 1 atom stereocenters. The SMILES string of the molecule is Cc1ccc(S(=O)(=O)N(CC(=O)N(Cc2ccc(Cl)cc2Cl)[C@@H](Cc2ccccc2)C(=O)NCC(C)C)c2ccc(C)cc2C)cc1. The second kappa shape index (κ2) is 15.8. The Bertz CT molecular complexity index is 1810. The molecule has 0 unspecified atom stereocenters. The van der Waals surface area contributed by atoms with Crippen molar-refractivity contribution >= 4 is 50.7 Å². The molecule has 0 fully saturated rings. The molecule has 0 heterocycles. The van der Waals surface area contributed by atoms with Crippen LogP contribution in [0, 0.1) is 26.7 Å². The molecule has 0 bridgehead atoms. The standard InChI is InChI=1S/C37H41Cl2N3O4S/c1-25(2)22-40-37(44)35(20-29-9-7-6-8-10-29)41(23-30-14-15-31(38)21-33(30)39)36(43)24-42(34-18-13-27(4)19-28(34)5)47(45,46)32-16-11-26(3)12-17-32/h6-19,21,25,35H,20,22-24H2,1-5H3,(H,40,44)/t35-/m0/s1. The number of nitrogens with one attached hydrogen (secondary N) is 1. The first kappa shape index (κ1) is 36.0. The number of sulfonamides is 1. The van der Waals surface area contributed by atoms with Crippen molar-refractivity contribution in [1.29, 1.82) is 0 Å². The molecule has 0 saturated carbocycles. The van der Waals surface area contributed by atoms with Crippen molar-refractivity contribution in [3.8, 4) is 0 Å². The Labute approximate surface area is 288 Å². The summed E-state index contributed by atoms with van der Waals surface area (Å²) in [6.45, 7) is 9.39. The fraction of sp³-hybridized carbons (Fsp3) is 0.297. The highest BCUT2D eigenvalue weighted by atomic mass is 35.5. The molecule has 0 aliphatic carbocycles. The Morgan fingerprint density at radius 2 is 1.49 bits per heavy atom. The van der Waals surface area contributed by atoms with E-state index in [0.29, 0.717) is 33.4 Å². The molecule has 4 aromatic rings. The molecule has 0 spiro atoms. The third-order valence-electron chi connectivity index (χ3n) is 7.82. The third kappa shape index (κ3) is 9.37. The number of hydrogen-bond donors (Lipinski definition) is 1. The van der Waals surface area contributed by atoms with Gasteiger partial charge in [-0.05, 0) is 73.7 Å². The largest absolute Gasteiger partial charge is 0.354 e. The minimum atomic E-state index is -4.21. The van der Waals surface area contributed by atoms with E-state index in [0.717, 1.165) is 21.0 Å². The fourth-order valence-electron chi connectivity index (χ4n) is 5.25. The van der Waals surface area contributed by atoms with E-state index >= 15 is 0 Å². The van der Waals surface area contributed by atoms with Gasteiger partial charge in [0.2, 0.25) is 11.8 Å². The molecule has 47 heavy (non-hydrogen) atoms. The van der Waals surface area contributed by atoms with Crippen molar-refractivity contribution in [2.24, 2.45) is 5.92 Å². The minimum absolute atomic E-state index is 0.0489. The van der Waals surface area contributed by atoms with Gasteiger partial charge in [-0.25, -0.2) is 8.42 Å². The highest BCUT2D eigenvalue weighted by molar-refractivity contribution is 7.92. The minimum Gasteiger partial charge on any atom is -0.354 e. The highest BCUT2D eigenvalue weighted by Gasteiger charge is 2.35. The van der Waals surface area contributed by atoms with E-state index in [9.17, 15) is 18.0 Å². The Morgan fingerprint density at radius 1 is 0.830 bits per heavy atom. The van der Waals surface area contributed by atoms with Gasteiger partial charge >= 0.3 is 0 Å². The van der Waals surface area contributed by atoms with Crippen molar-refractivity contribution in [2.75, 3.05) is 17.4 Å². The molecule has 0 saturated heterocycles. The molecule has 0 radical (unpaired) electrons. The summed E-state index contributed by atoms with van der Waals surface area (Å²) in [5.74, 6) is -0.737. The molecule has 248 valence electrons. The number of benzene rings is 4. The first-order chi connectivity index (χ1) is 22.3. The van der Waals surface area contributed by atoms with Crippen molar-refractivity contribution in [3.63, 3.8) is 0 Å². The van der Waals surface area contributed by atoms with Crippen LogP contribution in [-0.4, -0.2) is 44.3 Å². The summed E-state index contributed by atoms with van der Waals surface area (Å²) in [6.07, 6.45) is 0.204.